The lowest BCUT2D eigenvalue weighted by Crippen LogP contribution is -2.31. The Morgan fingerprint density at radius 1 is 1.26 bits per heavy atom. The Hall–Kier alpha value is -1.79. The van der Waals surface area contributed by atoms with Crippen LogP contribution in [0.4, 0.5) is 10.5 Å². The maximum absolute atomic E-state index is 12.3. The molecule has 5 nitrogen and oxygen atoms in total. The molecule has 1 saturated heterocycles. The van der Waals surface area contributed by atoms with Crippen molar-refractivity contribution in [3.05, 3.63) is 52.0 Å². The molecule has 0 aliphatic carbocycles. The fourth-order valence-electron chi connectivity index (χ4n) is 3.25. The number of anilines is 1. The van der Waals surface area contributed by atoms with E-state index in [1.165, 1.54) is 0 Å². The molecule has 0 unspecified atom stereocenters. The monoisotopic (exact) mass is 408 g/mol. The molecule has 2 N–H and O–H groups in total. The van der Waals surface area contributed by atoms with E-state index in [0.717, 1.165) is 24.9 Å². The van der Waals surface area contributed by atoms with Crippen molar-refractivity contribution in [2.75, 3.05) is 25.5 Å². The maximum atomic E-state index is 12.3. The molecule has 2 aromatic carbocycles. The van der Waals surface area contributed by atoms with Crippen LogP contribution in [0.3, 0.4) is 0 Å². The number of nitrogens with one attached hydrogen (secondary N) is 1. The van der Waals surface area contributed by atoms with Crippen molar-refractivity contribution in [1.82, 2.24) is 4.90 Å². The van der Waals surface area contributed by atoms with Gasteiger partial charge in [0, 0.05) is 21.7 Å². The molecule has 0 aromatic heterocycles. The highest BCUT2D eigenvalue weighted by Crippen LogP contribution is 2.33. The summed E-state index contributed by atoms with van der Waals surface area (Å²) < 4.78 is 5.40. The van der Waals surface area contributed by atoms with Crippen molar-refractivity contribution < 1.29 is 14.6 Å². The third-order valence-corrected chi connectivity index (χ3v) is 5.19. The minimum Gasteiger partial charge on any atom is -0.448 e. The summed E-state index contributed by atoms with van der Waals surface area (Å²) in [5, 5.41) is 13.2. The number of carbonyl (C=O) groups is 1. The molecule has 0 radical (unpaired) electrons. The van der Waals surface area contributed by atoms with E-state index < -0.39 is 6.09 Å². The van der Waals surface area contributed by atoms with Gasteiger partial charge >= 0.3 is 6.09 Å². The lowest BCUT2D eigenvalue weighted by Gasteiger charge is -2.19. The van der Waals surface area contributed by atoms with Crippen LogP contribution in [0.15, 0.2) is 36.4 Å². The number of aliphatic hydroxyl groups is 1. The van der Waals surface area contributed by atoms with Gasteiger partial charge < -0.3 is 14.7 Å². The summed E-state index contributed by atoms with van der Waals surface area (Å²) in [6.45, 7) is 1.27. The number of ether oxygens (including phenoxy) is 1. The van der Waals surface area contributed by atoms with E-state index in [0.29, 0.717) is 33.5 Å². The van der Waals surface area contributed by atoms with Gasteiger partial charge in [-0.1, -0.05) is 29.3 Å². The molecular weight excluding hydrogens is 387 g/mol. The summed E-state index contributed by atoms with van der Waals surface area (Å²) in [4.78, 5) is 14.5. The van der Waals surface area contributed by atoms with Crippen molar-refractivity contribution in [2.24, 2.45) is 0 Å². The topological polar surface area (TPSA) is 61.8 Å². The van der Waals surface area contributed by atoms with Crippen molar-refractivity contribution in [3.8, 4) is 11.1 Å². The number of likely N-dealkylation sites (N-methyl/N-ethyl adjacent to an activating group) is 1. The molecule has 27 heavy (non-hydrogen) atoms. The average Bonchev–Trinajstić information content (AvgIpc) is 3.04. The van der Waals surface area contributed by atoms with Crippen LogP contribution < -0.4 is 5.32 Å². The summed E-state index contributed by atoms with van der Waals surface area (Å²) >= 11 is 12.2. The predicted molar refractivity (Wildman–Crippen MR) is 108 cm³/mol. The van der Waals surface area contributed by atoms with Gasteiger partial charge in [-0.15, -0.1) is 0 Å². The molecule has 3 rings (SSSR count). The van der Waals surface area contributed by atoms with Crippen molar-refractivity contribution in [3.63, 3.8) is 0 Å². The van der Waals surface area contributed by atoms with Crippen LogP contribution in [0.2, 0.25) is 10.0 Å². The molecule has 0 spiro atoms. The molecule has 1 amide bonds. The first-order valence-electron chi connectivity index (χ1n) is 8.80. The van der Waals surface area contributed by atoms with Crippen molar-refractivity contribution in [1.29, 1.82) is 0 Å². The summed E-state index contributed by atoms with van der Waals surface area (Å²) in [5.41, 5.74) is 2.73. The highest BCUT2D eigenvalue weighted by Gasteiger charge is 2.22. The summed E-state index contributed by atoms with van der Waals surface area (Å²) in [7, 11) is 2.04. The van der Waals surface area contributed by atoms with Crippen LogP contribution in [-0.4, -0.2) is 42.3 Å². The largest absolute Gasteiger partial charge is 0.448 e. The standard InChI is InChI=1S/C20H22Cl2N2O3/c1-24-6-2-3-17(24)12-27-20(26)23-19-5-4-13(11-25)7-18(19)14-8-15(21)10-16(22)9-14/h4-5,7-10,17,25H,2-3,6,11-12H2,1H3,(H,23,26)/t17-/m0/s1. The summed E-state index contributed by atoms with van der Waals surface area (Å²) in [5.74, 6) is 0. The first-order valence-corrected chi connectivity index (χ1v) is 9.56. The fourth-order valence-corrected chi connectivity index (χ4v) is 3.78. The first-order chi connectivity index (χ1) is 13.0. The molecule has 0 saturated carbocycles. The van der Waals surface area contributed by atoms with Crippen LogP contribution in [0.5, 0.6) is 0 Å². The quantitative estimate of drug-likeness (QED) is 0.745. The third kappa shape index (κ3) is 5.14. The SMILES string of the molecule is CN1CCC[C@H]1COC(=O)Nc1ccc(CO)cc1-c1cc(Cl)cc(Cl)c1. The van der Waals surface area contributed by atoms with Gasteiger partial charge in [-0.3, -0.25) is 5.32 Å². The zero-order valence-corrected chi connectivity index (χ0v) is 16.6. The normalized spacial score (nSPS) is 17.1. The van der Waals surface area contributed by atoms with Crippen LogP contribution in [0.25, 0.3) is 11.1 Å². The molecule has 1 aliphatic heterocycles. The van der Waals surface area contributed by atoms with Gasteiger partial charge in [-0.05, 0) is 67.9 Å². The number of hydrogen-bond donors (Lipinski definition) is 2. The second-order valence-corrected chi connectivity index (χ2v) is 7.57. The van der Waals surface area contributed by atoms with E-state index in [4.69, 9.17) is 27.9 Å². The lowest BCUT2D eigenvalue weighted by molar-refractivity contribution is 0.127. The summed E-state index contributed by atoms with van der Waals surface area (Å²) in [6, 6.07) is 10.7. The minimum atomic E-state index is -0.513. The van der Waals surface area contributed by atoms with Gasteiger partial charge in [0.25, 0.3) is 0 Å². The van der Waals surface area contributed by atoms with Gasteiger partial charge in [-0.2, -0.15) is 0 Å². The molecular formula is C20H22Cl2N2O3. The van der Waals surface area contributed by atoms with E-state index in [-0.39, 0.29) is 12.6 Å². The second kappa shape index (κ2) is 8.93. The Morgan fingerprint density at radius 2 is 2.00 bits per heavy atom. The smallest absolute Gasteiger partial charge is 0.411 e. The molecule has 2 aromatic rings. The van der Waals surface area contributed by atoms with Gasteiger partial charge in [0.15, 0.2) is 0 Å². The number of rotatable bonds is 5. The van der Waals surface area contributed by atoms with Crippen molar-refractivity contribution >= 4 is 35.0 Å². The number of halogens is 2. The minimum absolute atomic E-state index is 0.111. The number of carbonyl (C=O) groups excluding carboxylic acids is 1. The van der Waals surface area contributed by atoms with E-state index in [1.54, 1.807) is 36.4 Å². The maximum Gasteiger partial charge on any atom is 0.411 e. The Kier molecular flexibility index (Phi) is 6.60. The van der Waals surface area contributed by atoms with Gasteiger partial charge in [0.1, 0.15) is 6.61 Å². The van der Waals surface area contributed by atoms with E-state index in [9.17, 15) is 9.90 Å². The molecule has 144 valence electrons. The van der Waals surface area contributed by atoms with E-state index >= 15 is 0 Å². The molecule has 0 bridgehead atoms. The lowest BCUT2D eigenvalue weighted by atomic mass is 10.0. The highest BCUT2D eigenvalue weighted by atomic mass is 35.5. The van der Waals surface area contributed by atoms with Crippen LogP contribution >= 0.6 is 23.2 Å². The summed E-state index contributed by atoms with van der Waals surface area (Å²) in [6.07, 6.45) is 1.64. The fraction of sp³-hybridized carbons (Fsp3) is 0.350. The van der Waals surface area contributed by atoms with Gasteiger partial charge in [0.2, 0.25) is 0 Å². The second-order valence-electron chi connectivity index (χ2n) is 6.70. The zero-order chi connectivity index (χ0) is 19.4. The number of nitrogens with zero attached hydrogens (tertiary/aromatic N) is 1. The Balaban J connectivity index is 1.79. The number of hydrogen-bond acceptors (Lipinski definition) is 4. The zero-order valence-electron chi connectivity index (χ0n) is 15.0. The average molecular weight is 409 g/mol. The van der Waals surface area contributed by atoms with E-state index in [1.807, 2.05) is 7.05 Å². The number of likely N-dealkylation sites (tertiary alicyclic amines) is 1. The van der Waals surface area contributed by atoms with Crippen LogP contribution in [-0.2, 0) is 11.3 Å². The van der Waals surface area contributed by atoms with Crippen LogP contribution in [0, 0.1) is 0 Å². The molecule has 1 atom stereocenters. The molecule has 1 aliphatic rings. The van der Waals surface area contributed by atoms with Gasteiger partial charge in [0.05, 0.1) is 12.3 Å². The van der Waals surface area contributed by atoms with Crippen LogP contribution in [0.1, 0.15) is 18.4 Å². The van der Waals surface area contributed by atoms with Gasteiger partial charge in [-0.25, -0.2) is 4.79 Å². The Labute approximate surface area is 168 Å². The number of amides is 1. The molecule has 7 heteroatoms. The highest BCUT2D eigenvalue weighted by molar-refractivity contribution is 6.35. The van der Waals surface area contributed by atoms with Crippen molar-refractivity contribution in [2.45, 2.75) is 25.5 Å². The Morgan fingerprint density at radius 3 is 2.63 bits per heavy atom. The molecule has 1 heterocycles. The number of benzene rings is 2. The number of aliphatic hydroxyl groups excluding tert-OH is 1. The molecule has 1 fully saturated rings. The van der Waals surface area contributed by atoms with E-state index in [2.05, 4.69) is 10.2 Å². The Bertz CT molecular complexity index is 809. The predicted octanol–water partition coefficient (Wildman–Crippen LogP) is 4.80. The first kappa shape index (κ1) is 20.0. The third-order valence-electron chi connectivity index (χ3n) is 4.76.